The summed E-state index contributed by atoms with van der Waals surface area (Å²) in [5.74, 6) is -0.323. The van der Waals surface area contributed by atoms with E-state index in [0.717, 1.165) is 22.5 Å². The van der Waals surface area contributed by atoms with E-state index in [2.05, 4.69) is 15.4 Å². The van der Waals surface area contributed by atoms with E-state index in [0.29, 0.717) is 5.82 Å². The summed E-state index contributed by atoms with van der Waals surface area (Å²) in [6.45, 7) is -0.568. The first kappa shape index (κ1) is 17.6. The Morgan fingerprint density at radius 2 is 1.85 bits per heavy atom. The number of ether oxygens (including phenoxy) is 1. The van der Waals surface area contributed by atoms with Crippen LogP contribution in [0.1, 0.15) is 11.1 Å². The normalized spacial score (nSPS) is 11.3. The molecule has 0 amide bonds. The predicted molar refractivity (Wildman–Crippen MR) is 84.5 cm³/mol. The number of rotatable bonds is 5. The third-order valence-electron chi connectivity index (χ3n) is 3.41. The van der Waals surface area contributed by atoms with Crippen LogP contribution in [-0.4, -0.2) is 26.2 Å². The maximum atomic E-state index is 12.7. The minimum Gasteiger partial charge on any atom is -0.459 e. The molecule has 0 radical (unpaired) electrons. The van der Waals surface area contributed by atoms with Crippen LogP contribution in [0.15, 0.2) is 54.6 Å². The fraction of sp³-hybridized carbons (Fsp3) is 0.176. The van der Waals surface area contributed by atoms with Gasteiger partial charge in [-0.05, 0) is 22.9 Å². The highest BCUT2D eigenvalue weighted by Gasteiger charge is 2.30. The van der Waals surface area contributed by atoms with Gasteiger partial charge < -0.3 is 4.74 Å². The molecule has 0 aliphatic rings. The summed E-state index contributed by atoms with van der Waals surface area (Å²) in [6.07, 6.45) is -4.45. The highest BCUT2D eigenvalue weighted by atomic mass is 19.4. The van der Waals surface area contributed by atoms with Crippen LogP contribution in [0.2, 0.25) is 0 Å². The molecular formula is C17H13F3N4O2. The summed E-state index contributed by atoms with van der Waals surface area (Å²) >= 11 is 0. The van der Waals surface area contributed by atoms with Gasteiger partial charge in [0.25, 0.3) is 0 Å². The number of carbonyl (C=O) groups excluding carboxylic acids is 1. The summed E-state index contributed by atoms with van der Waals surface area (Å²) in [4.78, 5) is 12.9. The monoisotopic (exact) mass is 362 g/mol. The van der Waals surface area contributed by atoms with E-state index in [4.69, 9.17) is 4.74 Å². The third-order valence-corrected chi connectivity index (χ3v) is 3.41. The summed E-state index contributed by atoms with van der Waals surface area (Å²) < 4.78 is 43.0. The molecule has 0 unspecified atom stereocenters. The van der Waals surface area contributed by atoms with E-state index >= 15 is 0 Å². The fourth-order valence-electron chi connectivity index (χ4n) is 2.18. The maximum Gasteiger partial charge on any atom is 0.416 e. The van der Waals surface area contributed by atoms with Gasteiger partial charge in [-0.25, -0.2) is 4.79 Å². The van der Waals surface area contributed by atoms with E-state index in [9.17, 15) is 18.0 Å². The number of tetrazole rings is 1. The lowest BCUT2D eigenvalue weighted by molar-refractivity contribution is -0.146. The Morgan fingerprint density at radius 1 is 1.08 bits per heavy atom. The van der Waals surface area contributed by atoms with Gasteiger partial charge in [0.15, 0.2) is 6.54 Å². The van der Waals surface area contributed by atoms with E-state index in [1.54, 1.807) is 12.1 Å². The van der Waals surface area contributed by atoms with Crippen LogP contribution in [0.4, 0.5) is 13.2 Å². The zero-order chi connectivity index (χ0) is 18.6. The van der Waals surface area contributed by atoms with Gasteiger partial charge >= 0.3 is 12.1 Å². The molecule has 1 aromatic heterocycles. The largest absolute Gasteiger partial charge is 0.459 e. The molecule has 0 saturated heterocycles. The molecule has 0 atom stereocenters. The first-order valence-electron chi connectivity index (χ1n) is 7.57. The van der Waals surface area contributed by atoms with Crippen LogP contribution in [0.25, 0.3) is 11.4 Å². The molecule has 2 aromatic carbocycles. The SMILES string of the molecule is O=C(Cn1nnc(-c2ccccc2)n1)OCc1cccc(C(F)(F)F)c1. The van der Waals surface area contributed by atoms with Crippen LogP contribution < -0.4 is 0 Å². The van der Waals surface area contributed by atoms with E-state index in [1.165, 1.54) is 12.1 Å². The maximum absolute atomic E-state index is 12.7. The Bertz CT molecular complexity index is 894. The molecule has 0 fully saturated rings. The van der Waals surface area contributed by atoms with Crippen molar-refractivity contribution in [2.24, 2.45) is 0 Å². The van der Waals surface area contributed by atoms with Gasteiger partial charge in [-0.3, -0.25) is 0 Å². The van der Waals surface area contributed by atoms with E-state index in [1.807, 2.05) is 18.2 Å². The number of hydrogen-bond donors (Lipinski definition) is 0. The van der Waals surface area contributed by atoms with Gasteiger partial charge in [-0.15, -0.1) is 10.2 Å². The highest BCUT2D eigenvalue weighted by molar-refractivity contribution is 5.69. The van der Waals surface area contributed by atoms with Gasteiger partial charge in [0.05, 0.1) is 5.56 Å². The van der Waals surface area contributed by atoms with Crippen LogP contribution >= 0.6 is 0 Å². The lowest BCUT2D eigenvalue weighted by atomic mass is 10.1. The van der Waals surface area contributed by atoms with Crippen molar-refractivity contribution in [3.63, 3.8) is 0 Å². The Morgan fingerprint density at radius 3 is 2.58 bits per heavy atom. The average molecular weight is 362 g/mol. The molecule has 134 valence electrons. The number of alkyl halides is 3. The van der Waals surface area contributed by atoms with Gasteiger partial charge in [-0.2, -0.15) is 18.0 Å². The van der Waals surface area contributed by atoms with Crippen molar-refractivity contribution in [3.05, 3.63) is 65.7 Å². The van der Waals surface area contributed by atoms with Crippen molar-refractivity contribution in [2.75, 3.05) is 0 Å². The molecule has 3 aromatic rings. The molecule has 26 heavy (non-hydrogen) atoms. The third kappa shape index (κ3) is 4.44. The summed E-state index contributed by atoms with van der Waals surface area (Å²) in [7, 11) is 0. The molecule has 0 bridgehead atoms. The van der Waals surface area contributed by atoms with Gasteiger partial charge in [-0.1, -0.05) is 42.5 Å². The first-order chi connectivity index (χ1) is 12.4. The van der Waals surface area contributed by atoms with Crippen LogP contribution in [-0.2, 0) is 28.9 Å². The number of hydrogen-bond acceptors (Lipinski definition) is 5. The van der Waals surface area contributed by atoms with Gasteiger partial charge in [0.2, 0.25) is 5.82 Å². The zero-order valence-corrected chi connectivity index (χ0v) is 13.3. The molecule has 0 N–H and O–H groups in total. The van der Waals surface area contributed by atoms with Crippen LogP contribution in [0.3, 0.4) is 0 Å². The van der Waals surface area contributed by atoms with Crippen molar-refractivity contribution in [3.8, 4) is 11.4 Å². The minimum absolute atomic E-state index is 0.240. The number of esters is 1. The molecule has 0 saturated carbocycles. The summed E-state index contributed by atoms with van der Waals surface area (Å²) in [5, 5.41) is 11.7. The van der Waals surface area contributed by atoms with Crippen molar-refractivity contribution >= 4 is 5.97 Å². The molecule has 1 heterocycles. The van der Waals surface area contributed by atoms with E-state index in [-0.39, 0.29) is 18.7 Å². The molecule has 6 nitrogen and oxygen atoms in total. The summed E-state index contributed by atoms with van der Waals surface area (Å²) in [5.41, 5.74) is 0.192. The number of benzene rings is 2. The Labute approximate surface area is 146 Å². The fourth-order valence-corrected chi connectivity index (χ4v) is 2.18. The quantitative estimate of drug-likeness (QED) is 0.653. The van der Waals surface area contributed by atoms with Crippen molar-refractivity contribution in [1.29, 1.82) is 0 Å². The average Bonchev–Trinajstić information content (AvgIpc) is 3.09. The minimum atomic E-state index is -4.45. The predicted octanol–water partition coefficient (Wildman–Crippen LogP) is 3.10. The number of halogens is 3. The highest BCUT2D eigenvalue weighted by Crippen LogP contribution is 2.29. The molecule has 0 spiro atoms. The van der Waals surface area contributed by atoms with Crippen molar-refractivity contribution in [2.45, 2.75) is 19.3 Å². The molecular weight excluding hydrogens is 349 g/mol. The molecule has 0 aliphatic carbocycles. The number of carbonyl (C=O) groups is 1. The topological polar surface area (TPSA) is 69.9 Å². The Kier molecular flexibility index (Phi) is 4.97. The number of aromatic nitrogens is 4. The van der Waals surface area contributed by atoms with Crippen LogP contribution in [0.5, 0.6) is 0 Å². The summed E-state index contributed by atoms with van der Waals surface area (Å²) in [6, 6.07) is 13.7. The second-order valence-corrected chi connectivity index (χ2v) is 5.37. The Balaban J connectivity index is 1.58. The lowest BCUT2D eigenvalue weighted by Gasteiger charge is -2.09. The second kappa shape index (κ2) is 7.34. The van der Waals surface area contributed by atoms with Crippen LogP contribution in [0, 0.1) is 0 Å². The molecule has 9 heteroatoms. The van der Waals surface area contributed by atoms with Crippen molar-refractivity contribution < 1.29 is 22.7 Å². The first-order valence-corrected chi connectivity index (χ1v) is 7.57. The smallest absolute Gasteiger partial charge is 0.416 e. The van der Waals surface area contributed by atoms with Gasteiger partial charge in [0.1, 0.15) is 6.61 Å². The number of nitrogens with zero attached hydrogens (tertiary/aromatic N) is 4. The standard InChI is InChI=1S/C17H13F3N4O2/c18-17(19,20)14-8-4-5-12(9-14)11-26-15(25)10-24-22-16(21-23-24)13-6-2-1-3-7-13/h1-9H,10-11H2. The second-order valence-electron chi connectivity index (χ2n) is 5.37. The molecule has 0 aliphatic heterocycles. The zero-order valence-electron chi connectivity index (χ0n) is 13.3. The Hall–Kier alpha value is -3.23. The van der Waals surface area contributed by atoms with Gasteiger partial charge in [0, 0.05) is 5.56 Å². The lowest BCUT2D eigenvalue weighted by Crippen LogP contribution is -2.16. The van der Waals surface area contributed by atoms with E-state index < -0.39 is 17.7 Å². The molecule has 3 rings (SSSR count). The van der Waals surface area contributed by atoms with Crippen molar-refractivity contribution in [1.82, 2.24) is 20.2 Å².